The predicted molar refractivity (Wildman–Crippen MR) is 132 cm³/mol. The molecule has 0 unspecified atom stereocenters. The molecule has 0 saturated heterocycles. The number of sulfonamides is 1. The van der Waals surface area contributed by atoms with Gasteiger partial charge in [-0.1, -0.05) is 12.1 Å². The Kier molecular flexibility index (Phi) is 8.37. The maximum Gasteiger partial charge on any atom is 0.416 e. The van der Waals surface area contributed by atoms with Crippen molar-refractivity contribution in [1.29, 1.82) is 0 Å². The molecule has 0 aliphatic rings. The molecule has 1 N–H and O–H groups in total. The second-order valence-corrected chi connectivity index (χ2v) is 10.1. The summed E-state index contributed by atoms with van der Waals surface area (Å²) in [6.07, 6.45) is -4.68. The summed E-state index contributed by atoms with van der Waals surface area (Å²) < 4.78 is 79.7. The zero-order valence-electron chi connectivity index (χ0n) is 20.3. The topological polar surface area (TPSA) is 93.1 Å². The first-order chi connectivity index (χ1) is 17.3. The number of hydrogen-bond donors (Lipinski definition) is 1. The fourth-order valence-corrected chi connectivity index (χ4v) is 5.24. The Labute approximate surface area is 213 Å². The highest BCUT2D eigenvalue weighted by Crippen LogP contribution is 2.40. The van der Waals surface area contributed by atoms with E-state index in [0.29, 0.717) is 17.9 Å². The van der Waals surface area contributed by atoms with Crippen LogP contribution in [0.25, 0.3) is 0 Å². The highest BCUT2D eigenvalue weighted by molar-refractivity contribution is 7.92. The number of hydrogen-bond acceptors (Lipinski definition) is 5. The lowest BCUT2D eigenvalue weighted by Crippen LogP contribution is -2.37. The van der Waals surface area contributed by atoms with Crippen LogP contribution in [0.4, 0.5) is 18.9 Å². The fraction of sp³-hybridized carbons (Fsp3) is 0.269. The van der Waals surface area contributed by atoms with Gasteiger partial charge < -0.3 is 14.6 Å². The summed E-state index contributed by atoms with van der Waals surface area (Å²) >= 11 is 0. The first-order valence-electron chi connectivity index (χ1n) is 11.3. The fourth-order valence-electron chi connectivity index (χ4n) is 3.57. The Bertz CT molecular complexity index is 1340. The van der Waals surface area contributed by atoms with Crippen LogP contribution in [0.3, 0.4) is 0 Å². The minimum absolute atomic E-state index is 0.0379. The van der Waals surface area contributed by atoms with E-state index in [1.807, 2.05) is 0 Å². The highest BCUT2D eigenvalue weighted by Gasteiger charge is 2.34. The minimum Gasteiger partial charge on any atom is -0.494 e. The number of rotatable bonds is 10. The molecule has 37 heavy (non-hydrogen) atoms. The third kappa shape index (κ3) is 6.53. The Morgan fingerprint density at radius 2 is 1.59 bits per heavy atom. The van der Waals surface area contributed by atoms with E-state index < -0.39 is 33.8 Å². The van der Waals surface area contributed by atoms with E-state index in [-0.39, 0.29) is 28.5 Å². The van der Waals surface area contributed by atoms with Crippen LogP contribution in [-0.4, -0.2) is 32.1 Å². The number of nitrogens with zero attached hydrogens (tertiary/aromatic N) is 1. The van der Waals surface area contributed by atoms with Gasteiger partial charge in [-0.15, -0.1) is 0 Å². The molecule has 0 bridgehead atoms. The molecule has 0 amide bonds. The van der Waals surface area contributed by atoms with Gasteiger partial charge in [0.1, 0.15) is 18.1 Å². The smallest absolute Gasteiger partial charge is 0.416 e. The van der Waals surface area contributed by atoms with Crippen LogP contribution >= 0.6 is 0 Å². The lowest BCUT2D eigenvalue weighted by Gasteiger charge is -2.30. The SMILES string of the molecule is CCOc1ccc(S(=O)(=O)N(c2ccc(C(F)(F)F)cc2OCc2ccc(C(=O)O)cc2)C(C)C)cc1. The predicted octanol–water partition coefficient (Wildman–Crippen LogP) is 5.99. The third-order valence-corrected chi connectivity index (χ3v) is 7.28. The van der Waals surface area contributed by atoms with Crippen molar-refractivity contribution in [3.05, 3.63) is 83.4 Å². The van der Waals surface area contributed by atoms with E-state index in [1.54, 1.807) is 20.8 Å². The lowest BCUT2D eigenvalue weighted by molar-refractivity contribution is -0.137. The van der Waals surface area contributed by atoms with Gasteiger partial charge >= 0.3 is 12.1 Å². The summed E-state index contributed by atoms with van der Waals surface area (Å²) in [5.41, 5.74) is -0.552. The summed E-state index contributed by atoms with van der Waals surface area (Å²) in [5, 5.41) is 9.04. The van der Waals surface area contributed by atoms with Crippen LogP contribution in [0, 0.1) is 0 Å². The molecule has 0 saturated carbocycles. The molecule has 0 atom stereocenters. The number of carboxylic acids is 1. The van der Waals surface area contributed by atoms with E-state index in [2.05, 4.69) is 0 Å². The van der Waals surface area contributed by atoms with Crippen LogP contribution in [0.5, 0.6) is 11.5 Å². The van der Waals surface area contributed by atoms with Crippen LogP contribution in [0.1, 0.15) is 42.3 Å². The van der Waals surface area contributed by atoms with Crippen molar-refractivity contribution in [2.75, 3.05) is 10.9 Å². The Balaban J connectivity index is 2.04. The summed E-state index contributed by atoms with van der Waals surface area (Å²) in [7, 11) is -4.20. The van der Waals surface area contributed by atoms with E-state index in [4.69, 9.17) is 14.6 Å². The molecule has 0 spiro atoms. The number of carbonyl (C=O) groups is 1. The molecular weight excluding hydrogens is 511 g/mol. The third-order valence-electron chi connectivity index (χ3n) is 5.28. The van der Waals surface area contributed by atoms with Gasteiger partial charge in [0.2, 0.25) is 0 Å². The molecule has 0 aromatic heterocycles. The summed E-state index contributed by atoms with van der Waals surface area (Å²) in [4.78, 5) is 11.0. The van der Waals surface area contributed by atoms with Crippen molar-refractivity contribution in [1.82, 2.24) is 0 Å². The van der Waals surface area contributed by atoms with Crippen LogP contribution in [0.2, 0.25) is 0 Å². The molecular formula is C26H26F3NO6S. The second kappa shape index (κ2) is 11.1. The zero-order valence-corrected chi connectivity index (χ0v) is 21.1. The van der Waals surface area contributed by atoms with Gasteiger partial charge in [0, 0.05) is 6.04 Å². The maximum atomic E-state index is 13.6. The molecule has 0 fully saturated rings. The van der Waals surface area contributed by atoms with Crippen LogP contribution in [0.15, 0.2) is 71.6 Å². The summed E-state index contributed by atoms with van der Waals surface area (Å²) in [6.45, 7) is 5.16. The molecule has 0 heterocycles. The zero-order chi connectivity index (χ0) is 27.4. The molecule has 7 nitrogen and oxygen atoms in total. The van der Waals surface area contributed by atoms with Gasteiger partial charge in [-0.3, -0.25) is 4.31 Å². The van der Waals surface area contributed by atoms with Gasteiger partial charge in [0.15, 0.2) is 0 Å². The van der Waals surface area contributed by atoms with Crippen molar-refractivity contribution >= 4 is 21.7 Å². The van der Waals surface area contributed by atoms with E-state index in [1.165, 1.54) is 48.5 Å². The molecule has 3 aromatic carbocycles. The van der Waals surface area contributed by atoms with Crippen molar-refractivity contribution in [3.8, 4) is 11.5 Å². The minimum atomic E-state index is -4.68. The normalized spacial score (nSPS) is 11.9. The lowest BCUT2D eigenvalue weighted by atomic mass is 10.1. The molecule has 11 heteroatoms. The first kappa shape index (κ1) is 27.9. The molecule has 3 rings (SSSR count). The quantitative estimate of drug-likeness (QED) is 0.342. The van der Waals surface area contributed by atoms with Crippen LogP contribution in [-0.2, 0) is 22.8 Å². The molecule has 0 aliphatic carbocycles. The van der Waals surface area contributed by atoms with Crippen molar-refractivity contribution < 1.29 is 41.0 Å². The standard InChI is InChI=1S/C26H26F3NO6S/c1-4-35-21-10-12-22(13-11-21)37(33,34)30(17(2)3)23-14-9-20(26(27,28)29)15-24(23)36-16-18-5-7-19(8-6-18)25(31)32/h5-15,17H,4,16H2,1-3H3,(H,31,32). The van der Waals surface area contributed by atoms with E-state index in [0.717, 1.165) is 22.5 Å². The number of carboxylic acid groups (broad SMARTS) is 1. The average Bonchev–Trinajstić information content (AvgIpc) is 2.83. The first-order valence-corrected chi connectivity index (χ1v) is 12.7. The van der Waals surface area contributed by atoms with Crippen molar-refractivity contribution in [2.45, 2.75) is 44.5 Å². The van der Waals surface area contributed by atoms with E-state index in [9.17, 15) is 26.4 Å². The largest absolute Gasteiger partial charge is 0.494 e. The summed E-state index contributed by atoms with van der Waals surface area (Å²) in [6, 6.07) is 13.3. The van der Waals surface area contributed by atoms with Gasteiger partial charge in [-0.2, -0.15) is 13.2 Å². The van der Waals surface area contributed by atoms with Crippen LogP contribution < -0.4 is 13.8 Å². The Morgan fingerprint density at radius 3 is 2.11 bits per heavy atom. The number of ether oxygens (including phenoxy) is 2. The number of anilines is 1. The van der Waals surface area contributed by atoms with Gasteiger partial charge in [-0.05, 0) is 80.9 Å². The number of benzene rings is 3. The highest BCUT2D eigenvalue weighted by atomic mass is 32.2. The molecule has 0 aliphatic heterocycles. The van der Waals surface area contributed by atoms with Gasteiger partial charge in [0.05, 0.1) is 28.3 Å². The average molecular weight is 538 g/mol. The molecule has 3 aromatic rings. The Hall–Kier alpha value is -3.73. The van der Waals surface area contributed by atoms with Gasteiger partial charge in [-0.25, -0.2) is 13.2 Å². The Morgan fingerprint density at radius 1 is 0.973 bits per heavy atom. The number of aromatic carboxylic acids is 1. The van der Waals surface area contributed by atoms with Gasteiger partial charge in [0.25, 0.3) is 10.0 Å². The molecule has 198 valence electrons. The van der Waals surface area contributed by atoms with E-state index >= 15 is 0 Å². The maximum absolute atomic E-state index is 13.6. The monoisotopic (exact) mass is 537 g/mol. The van der Waals surface area contributed by atoms with Crippen molar-refractivity contribution in [2.24, 2.45) is 0 Å². The van der Waals surface area contributed by atoms with Crippen molar-refractivity contribution in [3.63, 3.8) is 0 Å². The number of alkyl halides is 3. The molecule has 0 radical (unpaired) electrons. The number of halogens is 3. The summed E-state index contributed by atoms with van der Waals surface area (Å²) in [5.74, 6) is -0.940. The second-order valence-electron chi connectivity index (χ2n) is 8.27.